The minimum atomic E-state index is -3.45. The number of hydrogen-bond acceptors (Lipinski definition) is 3. The van der Waals surface area contributed by atoms with E-state index in [9.17, 15) is 8.42 Å². The summed E-state index contributed by atoms with van der Waals surface area (Å²) in [6.45, 7) is 4.15. The summed E-state index contributed by atoms with van der Waals surface area (Å²) in [4.78, 5) is 6.92. The highest BCUT2D eigenvalue weighted by Gasteiger charge is 2.26. The maximum Gasteiger partial charge on any atom is 0.257 e. The number of sulfonamides is 1. The second-order valence-corrected chi connectivity index (χ2v) is 7.36. The summed E-state index contributed by atoms with van der Waals surface area (Å²) in [6, 6.07) is 0.0708. The van der Waals surface area contributed by atoms with Gasteiger partial charge in [0.25, 0.3) is 10.0 Å². The van der Waals surface area contributed by atoms with E-state index in [1.807, 2.05) is 6.92 Å². The minimum absolute atomic E-state index is 0.0708. The zero-order valence-corrected chi connectivity index (χ0v) is 13.2. The normalized spacial score (nSPS) is 23.9. The molecule has 0 radical (unpaired) electrons. The Balaban J connectivity index is 1.92. The molecule has 1 aliphatic rings. The third kappa shape index (κ3) is 3.82. The molecular formula is C14H25N3O2S. The molecule has 0 saturated heterocycles. The van der Waals surface area contributed by atoms with Gasteiger partial charge in [-0.25, -0.2) is 18.1 Å². The molecule has 0 amide bonds. The van der Waals surface area contributed by atoms with Crippen LogP contribution in [-0.4, -0.2) is 24.4 Å². The predicted molar refractivity (Wildman–Crippen MR) is 78.9 cm³/mol. The summed E-state index contributed by atoms with van der Waals surface area (Å²) in [6.07, 6.45) is 8.74. The van der Waals surface area contributed by atoms with Crippen molar-refractivity contribution in [3.8, 4) is 0 Å². The number of nitrogens with zero attached hydrogens (tertiary/aromatic N) is 1. The molecule has 20 heavy (non-hydrogen) atoms. The first-order valence-corrected chi connectivity index (χ1v) is 9.09. The van der Waals surface area contributed by atoms with Crippen LogP contribution in [0.3, 0.4) is 0 Å². The second kappa shape index (κ2) is 6.72. The van der Waals surface area contributed by atoms with Crippen molar-refractivity contribution < 1.29 is 8.42 Å². The molecule has 5 nitrogen and oxygen atoms in total. The molecule has 114 valence electrons. The van der Waals surface area contributed by atoms with Crippen LogP contribution in [0.4, 0.5) is 0 Å². The number of aromatic nitrogens is 2. The Bertz CT molecular complexity index is 516. The third-order valence-corrected chi connectivity index (χ3v) is 5.53. The van der Waals surface area contributed by atoms with Crippen LogP contribution in [0.5, 0.6) is 0 Å². The van der Waals surface area contributed by atoms with Crippen molar-refractivity contribution in [2.75, 3.05) is 0 Å². The molecule has 0 bridgehead atoms. The Morgan fingerprint density at radius 1 is 1.30 bits per heavy atom. The largest absolute Gasteiger partial charge is 0.332 e. The van der Waals surface area contributed by atoms with E-state index in [0.29, 0.717) is 12.2 Å². The van der Waals surface area contributed by atoms with Crippen molar-refractivity contribution in [3.63, 3.8) is 0 Å². The van der Waals surface area contributed by atoms with Gasteiger partial charge in [-0.3, -0.25) is 0 Å². The van der Waals surface area contributed by atoms with Crippen LogP contribution in [0.1, 0.15) is 58.2 Å². The number of hydrogen-bond donors (Lipinski definition) is 2. The highest BCUT2D eigenvalue weighted by atomic mass is 32.2. The molecule has 0 atom stereocenters. The van der Waals surface area contributed by atoms with E-state index >= 15 is 0 Å². The molecule has 6 heteroatoms. The first-order chi connectivity index (χ1) is 9.55. The van der Waals surface area contributed by atoms with E-state index in [2.05, 4.69) is 21.6 Å². The fourth-order valence-electron chi connectivity index (χ4n) is 2.92. The summed E-state index contributed by atoms with van der Waals surface area (Å²) in [5.41, 5.74) is 0. The van der Waals surface area contributed by atoms with Crippen LogP contribution >= 0.6 is 0 Å². The summed E-state index contributed by atoms with van der Waals surface area (Å²) in [5.74, 6) is 1.48. The molecule has 1 heterocycles. The van der Waals surface area contributed by atoms with E-state index in [4.69, 9.17) is 0 Å². The van der Waals surface area contributed by atoms with Gasteiger partial charge in [-0.2, -0.15) is 0 Å². The Labute approximate surface area is 121 Å². The van der Waals surface area contributed by atoms with Crippen molar-refractivity contribution in [1.29, 1.82) is 0 Å². The number of aryl methyl sites for hydroxylation is 1. The predicted octanol–water partition coefficient (Wildman–Crippen LogP) is 2.61. The molecule has 0 aliphatic heterocycles. The molecule has 1 aromatic heterocycles. The molecule has 0 unspecified atom stereocenters. The fourth-order valence-corrected chi connectivity index (χ4v) is 4.16. The van der Waals surface area contributed by atoms with Crippen LogP contribution in [0.15, 0.2) is 11.2 Å². The van der Waals surface area contributed by atoms with Gasteiger partial charge in [0.15, 0.2) is 5.03 Å². The zero-order valence-electron chi connectivity index (χ0n) is 12.4. The van der Waals surface area contributed by atoms with Crippen molar-refractivity contribution in [3.05, 3.63) is 12.0 Å². The lowest BCUT2D eigenvalue weighted by atomic mass is 9.84. The molecule has 2 N–H and O–H groups in total. The van der Waals surface area contributed by atoms with Gasteiger partial charge in [0.1, 0.15) is 5.82 Å². The number of rotatable bonds is 6. The average Bonchev–Trinajstić information content (AvgIpc) is 2.91. The van der Waals surface area contributed by atoms with Crippen molar-refractivity contribution in [2.45, 2.75) is 69.9 Å². The standard InChI is InChI=1S/C14H25N3O2S/c1-3-5-11-6-8-12(9-7-11)17-20(18,19)14-10-15-13(4-2)16-14/h10-12,17H,3-9H2,1-2H3,(H,15,16). The van der Waals surface area contributed by atoms with Gasteiger partial charge >= 0.3 is 0 Å². The quantitative estimate of drug-likeness (QED) is 0.848. The molecule has 1 saturated carbocycles. The maximum atomic E-state index is 12.3. The number of aromatic amines is 1. The Kier molecular flexibility index (Phi) is 5.21. The van der Waals surface area contributed by atoms with Crippen molar-refractivity contribution in [1.82, 2.24) is 14.7 Å². The summed E-state index contributed by atoms with van der Waals surface area (Å²) < 4.78 is 27.3. The SMILES string of the molecule is CCCC1CCC(NS(=O)(=O)c2cnc(CC)[nH]2)CC1. The first-order valence-electron chi connectivity index (χ1n) is 7.61. The van der Waals surface area contributed by atoms with Crippen LogP contribution < -0.4 is 4.72 Å². The molecule has 1 fully saturated rings. The Morgan fingerprint density at radius 3 is 2.55 bits per heavy atom. The maximum absolute atomic E-state index is 12.3. The fraction of sp³-hybridized carbons (Fsp3) is 0.786. The van der Waals surface area contributed by atoms with Gasteiger partial charge in [-0.1, -0.05) is 26.7 Å². The molecule has 1 aromatic rings. The molecule has 1 aliphatic carbocycles. The van der Waals surface area contributed by atoms with Crippen LogP contribution in [0.2, 0.25) is 0 Å². The number of imidazole rings is 1. The van der Waals surface area contributed by atoms with Crippen molar-refractivity contribution in [2.24, 2.45) is 5.92 Å². The van der Waals surface area contributed by atoms with Gasteiger partial charge in [0.05, 0.1) is 6.20 Å². The van der Waals surface area contributed by atoms with E-state index < -0.39 is 10.0 Å². The Morgan fingerprint density at radius 2 is 2.00 bits per heavy atom. The van der Waals surface area contributed by atoms with Gasteiger partial charge in [-0.15, -0.1) is 0 Å². The van der Waals surface area contributed by atoms with Crippen molar-refractivity contribution >= 4 is 10.0 Å². The third-order valence-electron chi connectivity index (χ3n) is 4.10. The molecular weight excluding hydrogens is 274 g/mol. The molecule has 2 rings (SSSR count). The topological polar surface area (TPSA) is 74.8 Å². The molecule has 0 aromatic carbocycles. The van der Waals surface area contributed by atoms with Crippen LogP contribution in [0, 0.1) is 5.92 Å². The van der Waals surface area contributed by atoms with Gasteiger partial charge in [0.2, 0.25) is 0 Å². The second-order valence-electron chi connectivity index (χ2n) is 5.68. The van der Waals surface area contributed by atoms with E-state index in [1.54, 1.807) is 0 Å². The highest BCUT2D eigenvalue weighted by Crippen LogP contribution is 2.28. The van der Waals surface area contributed by atoms with E-state index in [0.717, 1.165) is 31.6 Å². The minimum Gasteiger partial charge on any atom is -0.332 e. The van der Waals surface area contributed by atoms with E-state index in [-0.39, 0.29) is 11.1 Å². The lowest BCUT2D eigenvalue weighted by molar-refractivity contribution is 0.297. The average molecular weight is 299 g/mol. The van der Waals surface area contributed by atoms with Gasteiger partial charge in [-0.05, 0) is 31.6 Å². The monoisotopic (exact) mass is 299 g/mol. The Hall–Kier alpha value is -0.880. The van der Waals surface area contributed by atoms with Gasteiger partial charge < -0.3 is 4.98 Å². The summed E-state index contributed by atoms with van der Waals surface area (Å²) in [5, 5.41) is 0.185. The smallest absolute Gasteiger partial charge is 0.257 e. The summed E-state index contributed by atoms with van der Waals surface area (Å²) in [7, 11) is -3.45. The summed E-state index contributed by atoms with van der Waals surface area (Å²) >= 11 is 0. The highest BCUT2D eigenvalue weighted by molar-refractivity contribution is 7.89. The zero-order chi connectivity index (χ0) is 14.6. The van der Waals surface area contributed by atoms with Crippen LogP contribution in [-0.2, 0) is 16.4 Å². The number of nitrogens with one attached hydrogen (secondary N) is 2. The first kappa shape index (κ1) is 15.5. The lowest BCUT2D eigenvalue weighted by Crippen LogP contribution is -2.37. The lowest BCUT2D eigenvalue weighted by Gasteiger charge is -2.28. The van der Waals surface area contributed by atoms with Crippen LogP contribution in [0.25, 0.3) is 0 Å². The van der Waals surface area contributed by atoms with E-state index in [1.165, 1.54) is 19.0 Å². The van der Waals surface area contributed by atoms with Gasteiger partial charge in [0, 0.05) is 12.5 Å². The molecule has 0 spiro atoms. The number of H-pyrrole nitrogens is 1.